The lowest BCUT2D eigenvalue weighted by molar-refractivity contribution is -0.395. The minimum absolute atomic E-state index is 0.178. The molecule has 0 saturated carbocycles. The number of carbonyl (C=O) groups excluding carboxylic acids is 2. The minimum atomic E-state index is -0.779. The second kappa shape index (κ2) is 24.4. The Morgan fingerprint density at radius 2 is 0.935 bits per heavy atom. The number of ether oxygens (including phenoxy) is 10. The first-order valence-electron chi connectivity index (χ1n) is 29.0. The van der Waals surface area contributed by atoms with E-state index in [1.807, 2.05) is 31.2 Å². The van der Waals surface area contributed by atoms with Crippen LogP contribution in [0.25, 0.3) is 0 Å². The van der Waals surface area contributed by atoms with Crippen molar-refractivity contribution in [1.29, 1.82) is 0 Å². The van der Waals surface area contributed by atoms with Gasteiger partial charge in [0.1, 0.15) is 62.3 Å². The summed E-state index contributed by atoms with van der Waals surface area (Å²) in [6.07, 6.45) is 8.80. The van der Waals surface area contributed by atoms with Crippen molar-refractivity contribution in [3.05, 3.63) is 59.7 Å². The van der Waals surface area contributed by atoms with Gasteiger partial charge in [-0.25, -0.2) is 0 Å². The second-order valence-electron chi connectivity index (χ2n) is 25.7. The Morgan fingerprint density at radius 1 is 0.545 bits per heavy atom. The van der Waals surface area contributed by atoms with Crippen LogP contribution in [0.15, 0.2) is 48.5 Å². The number of carbonyl (C=O) groups is 2. The molecule has 5 unspecified atom stereocenters. The summed E-state index contributed by atoms with van der Waals surface area (Å²) >= 11 is 0. The van der Waals surface area contributed by atoms with Crippen molar-refractivity contribution >= 4 is 11.9 Å². The Kier molecular flexibility index (Phi) is 18.9. The minimum Gasteiger partial charge on any atom is -0.491 e. The Morgan fingerprint density at radius 3 is 1.32 bits per heavy atom. The molecule has 6 saturated heterocycles. The van der Waals surface area contributed by atoms with E-state index in [4.69, 9.17) is 57.0 Å². The fraction of sp³-hybridized carbons (Fsp3) is 0.770. The van der Waals surface area contributed by atoms with Crippen LogP contribution >= 0.6 is 0 Å². The molecule has 6 aliphatic heterocycles. The predicted molar refractivity (Wildman–Crippen MR) is 290 cm³/mol. The molecule has 2 aromatic rings. The summed E-state index contributed by atoms with van der Waals surface area (Å²) in [5.41, 5.74) is -0.297. The zero-order valence-electron chi connectivity index (χ0n) is 48.8. The summed E-state index contributed by atoms with van der Waals surface area (Å²) in [7, 11) is 0. The number of unbranched alkanes of at least 4 members (excludes halogenated alkanes) is 3. The predicted octanol–water partition coefficient (Wildman–Crippen LogP) is 11.3. The number of epoxide rings is 2. The van der Waals surface area contributed by atoms with Crippen LogP contribution in [-0.4, -0.2) is 134 Å². The Balaban J connectivity index is 0.700. The van der Waals surface area contributed by atoms with Gasteiger partial charge in [0.15, 0.2) is 11.6 Å². The van der Waals surface area contributed by atoms with Gasteiger partial charge in [0, 0.05) is 66.0 Å². The maximum Gasteiger partial charge on any atom is 0.305 e. The lowest BCUT2D eigenvalue weighted by Crippen LogP contribution is -2.69. The number of hydrogen-bond donors (Lipinski definition) is 0. The molecule has 0 N–H and O–H groups in total. The first-order valence-corrected chi connectivity index (χ1v) is 29.0. The highest BCUT2D eigenvalue weighted by Gasteiger charge is 2.61. The largest absolute Gasteiger partial charge is 0.491 e. The molecule has 0 aliphatic carbocycles. The fourth-order valence-electron chi connectivity index (χ4n) is 12.1. The number of piperidine rings is 2. The third-order valence-corrected chi connectivity index (χ3v) is 17.1. The van der Waals surface area contributed by atoms with E-state index in [9.17, 15) is 9.59 Å². The van der Waals surface area contributed by atoms with Gasteiger partial charge in [0.25, 0.3) is 0 Å². The smallest absolute Gasteiger partial charge is 0.305 e. The number of esters is 2. The molecule has 0 bridgehead atoms. The third kappa shape index (κ3) is 15.1. The topological polar surface area (TPSA) is 158 Å². The molecule has 0 amide bonds. The van der Waals surface area contributed by atoms with E-state index in [1.165, 1.54) is 0 Å². The molecule has 8 rings (SSSR count). The lowest BCUT2D eigenvalue weighted by atomic mass is 9.72. The molecular weight excluding hydrogens is 985 g/mol. The molecule has 5 atom stereocenters. The van der Waals surface area contributed by atoms with Gasteiger partial charge < -0.3 is 47.4 Å². The molecule has 16 heteroatoms. The SMILES string of the molecule is CCC1(C)CC2(CC(C)(C)N1OC(C)c1ccc(OCC3CO3)cc1)OCC(C)(COC(=O)CCCCCCC(=O)OCC1(C)COC3(CC(C)(C)N(OC(C)c4ccc(OCC5CO5)cc4)C(CC)(CC)C3)OC1)CO2. The molecule has 2 spiro atoms. The molecule has 0 radical (unpaired) electrons. The van der Waals surface area contributed by atoms with Crippen molar-refractivity contribution in [2.24, 2.45) is 10.8 Å². The molecule has 6 heterocycles. The summed E-state index contributed by atoms with van der Waals surface area (Å²) in [6, 6.07) is 16.2. The molecular formula is C61H94N2O14. The molecule has 6 aliphatic rings. The van der Waals surface area contributed by atoms with Gasteiger partial charge in [-0.15, -0.1) is 0 Å². The van der Waals surface area contributed by atoms with Gasteiger partial charge in [0.05, 0.1) is 45.2 Å². The van der Waals surface area contributed by atoms with Crippen LogP contribution in [-0.2, 0) is 57.2 Å². The van der Waals surface area contributed by atoms with E-state index in [-0.39, 0.29) is 60.6 Å². The first-order chi connectivity index (χ1) is 36.5. The summed E-state index contributed by atoms with van der Waals surface area (Å²) in [4.78, 5) is 39.6. The Labute approximate surface area is 459 Å². The van der Waals surface area contributed by atoms with Crippen LogP contribution in [0.3, 0.4) is 0 Å². The Bertz CT molecular complexity index is 2230. The van der Waals surface area contributed by atoms with Crippen LogP contribution in [0.1, 0.15) is 190 Å². The fourth-order valence-corrected chi connectivity index (χ4v) is 12.1. The third-order valence-electron chi connectivity index (χ3n) is 17.1. The van der Waals surface area contributed by atoms with E-state index in [2.05, 4.69) is 111 Å². The monoisotopic (exact) mass is 1080 g/mol. The average Bonchev–Trinajstić information content (AvgIpc) is 4.41. The number of rotatable bonds is 26. The van der Waals surface area contributed by atoms with E-state index >= 15 is 0 Å². The normalized spacial score (nSPS) is 32.3. The van der Waals surface area contributed by atoms with Crippen LogP contribution in [0.5, 0.6) is 11.5 Å². The number of benzene rings is 2. The van der Waals surface area contributed by atoms with Crippen molar-refractivity contribution in [3.8, 4) is 11.5 Å². The lowest BCUT2D eigenvalue weighted by Gasteiger charge is -2.61. The van der Waals surface area contributed by atoms with Gasteiger partial charge in [0.2, 0.25) is 0 Å². The number of hydrogen-bond acceptors (Lipinski definition) is 16. The standard InChI is InChI=1S/C61H94N2O14/c1-13-58(12)36-60(34-54(6,7)62(58)76-44(4)46-22-26-48(27-23-46)66-30-50-32-68-50)72-40-56(10,41-73-60)38-70-52(64)20-18-16-17-19-21-53(65)71-39-57(11)42-74-61(75-43-57)35-55(8,9)63(59(14-2,15-3)37-61)77-45(5)47-24-28-49(29-25-47)67-31-51-33-69-51/h22-29,44-45,50-51H,13-21,30-43H2,1-12H3. The highest BCUT2D eigenvalue weighted by molar-refractivity contribution is 5.69. The first kappa shape index (κ1) is 59.7. The van der Waals surface area contributed by atoms with E-state index in [0.29, 0.717) is 91.0 Å². The van der Waals surface area contributed by atoms with Crippen molar-refractivity contribution in [2.45, 2.75) is 225 Å². The quantitative estimate of drug-likeness (QED) is 0.0497. The number of nitrogens with zero attached hydrogens (tertiary/aromatic N) is 2. The summed E-state index contributed by atoms with van der Waals surface area (Å²) < 4.78 is 60.8. The molecule has 432 valence electrons. The maximum atomic E-state index is 13.0. The summed E-state index contributed by atoms with van der Waals surface area (Å²) in [5, 5.41) is 4.40. The highest BCUT2D eigenvalue weighted by atomic mass is 16.7. The van der Waals surface area contributed by atoms with Crippen molar-refractivity contribution < 1.29 is 66.6 Å². The number of hydroxylamine groups is 4. The molecule has 6 fully saturated rings. The average molecular weight is 1080 g/mol. The molecule has 16 nitrogen and oxygen atoms in total. The van der Waals surface area contributed by atoms with Crippen molar-refractivity contribution in [1.82, 2.24) is 10.1 Å². The highest BCUT2D eigenvalue weighted by Crippen LogP contribution is 2.53. The van der Waals surface area contributed by atoms with Gasteiger partial charge in [-0.3, -0.25) is 19.3 Å². The van der Waals surface area contributed by atoms with E-state index < -0.39 is 33.5 Å². The zero-order chi connectivity index (χ0) is 55.3. The molecule has 0 aromatic heterocycles. The maximum absolute atomic E-state index is 13.0. The molecule has 77 heavy (non-hydrogen) atoms. The van der Waals surface area contributed by atoms with Crippen LogP contribution in [0.2, 0.25) is 0 Å². The van der Waals surface area contributed by atoms with E-state index in [1.54, 1.807) is 0 Å². The van der Waals surface area contributed by atoms with E-state index in [0.717, 1.165) is 67.9 Å². The summed E-state index contributed by atoms with van der Waals surface area (Å²) in [6.45, 7) is 30.7. The second-order valence-corrected chi connectivity index (χ2v) is 25.7. The Hall–Kier alpha value is -3.42. The zero-order valence-corrected chi connectivity index (χ0v) is 48.8. The van der Waals surface area contributed by atoms with Crippen molar-refractivity contribution in [3.63, 3.8) is 0 Å². The summed E-state index contributed by atoms with van der Waals surface area (Å²) in [5.74, 6) is -0.372. The van der Waals surface area contributed by atoms with Gasteiger partial charge in [-0.05, 0) is 116 Å². The van der Waals surface area contributed by atoms with Gasteiger partial charge in [-0.2, -0.15) is 10.1 Å². The van der Waals surface area contributed by atoms with Gasteiger partial charge in [-0.1, -0.05) is 71.7 Å². The van der Waals surface area contributed by atoms with Crippen molar-refractivity contribution in [2.75, 3.05) is 66.1 Å². The molecule has 2 aromatic carbocycles. The van der Waals surface area contributed by atoms with Gasteiger partial charge >= 0.3 is 11.9 Å². The van der Waals surface area contributed by atoms with Crippen LogP contribution < -0.4 is 9.47 Å². The van der Waals surface area contributed by atoms with Crippen LogP contribution in [0.4, 0.5) is 0 Å². The van der Waals surface area contributed by atoms with Crippen LogP contribution in [0, 0.1) is 10.8 Å².